The monoisotopic (exact) mass is 228 g/mol. The molecule has 0 bridgehead atoms. The second-order valence-electron chi connectivity index (χ2n) is 2.83. The highest BCUT2D eigenvalue weighted by Crippen LogP contribution is 2.33. The Labute approximate surface area is 79.1 Å². The van der Waals surface area contributed by atoms with Gasteiger partial charge in [-0.2, -0.15) is 0 Å². The molecule has 2 N–H and O–H groups in total. The van der Waals surface area contributed by atoms with E-state index in [4.69, 9.17) is 10.5 Å². The molecule has 0 unspecified atom stereocenters. The summed E-state index contributed by atoms with van der Waals surface area (Å²) in [6, 6.07) is 1.82. The van der Waals surface area contributed by atoms with E-state index in [2.05, 4.69) is 20.9 Å². The van der Waals surface area contributed by atoms with Crippen LogP contribution in [0.1, 0.15) is 12.8 Å². The number of pyridine rings is 1. The van der Waals surface area contributed by atoms with E-state index in [0.29, 0.717) is 11.9 Å². The third kappa shape index (κ3) is 1.53. The molecule has 1 aliphatic carbocycles. The predicted octanol–water partition coefficient (Wildman–Crippen LogP) is 1.97. The topological polar surface area (TPSA) is 48.1 Å². The molecule has 1 aromatic rings. The van der Waals surface area contributed by atoms with Crippen LogP contribution in [0.4, 0.5) is 5.82 Å². The van der Waals surface area contributed by atoms with Gasteiger partial charge in [0.1, 0.15) is 16.0 Å². The molecule has 3 nitrogen and oxygen atoms in total. The molecule has 1 fully saturated rings. The van der Waals surface area contributed by atoms with Crippen LogP contribution in [0.15, 0.2) is 16.7 Å². The summed E-state index contributed by atoms with van der Waals surface area (Å²) in [4.78, 5) is 3.92. The van der Waals surface area contributed by atoms with Crippen LogP contribution >= 0.6 is 15.9 Å². The van der Waals surface area contributed by atoms with E-state index in [1.807, 2.05) is 6.07 Å². The highest BCUT2D eigenvalue weighted by Gasteiger charge is 2.24. The first-order valence-electron chi connectivity index (χ1n) is 3.84. The van der Waals surface area contributed by atoms with Gasteiger partial charge in [0, 0.05) is 6.20 Å². The van der Waals surface area contributed by atoms with Crippen molar-refractivity contribution in [1.29, 1.82) is 0 Å². The van der Waals surface area contributed by atoms with Crippen molar-refractivity contribution < 1.29 is 4.74 Å². The van der Waals surface area contributed by atoms with Gasteiger partial charge >= 0.3 is 0 Å². The maximum atomic E-state index is 5.58. The molecule has 0 aromatic carbocycles. The number of aromatic nitrogens is 1. The Morgan fingerprint density at radius 3 is 3.00 bits per heavy atom. The summed E-state index contributed by atoms with van der Waals surface area (Å²) in [5, 5.41) is 0. The van der Waals surface area contributed by atoms with Crippen molar-refractivity contribution in [3.63, 3.8) is 0 Å². The van der Waals surface area contributed by atoms with Crippen molar-refractivity contribution in [2.24, 2.45) is 0 Å². The third-order valence-corrected chi connectivity index (χ3v) is 2.50. The Bertz CT molecular complexity index is 299. The number of hydrogen-bond acceptors (Lipinski definition) is 3. The zero-order valence-electron chi connectivity index (χ0n) is 6.46. The molecular formula is C8H9BrN2O. The Morgan fingerprint density at radius 1 is 1.58 bits per heavy atom. The maximum absolute atomic E-state index is 5.58. The van der Waals surface area contributed by atoms with E-state index in [9.17, 15) is 0 Å². The first kappa shape index (κ1) is 7.86. The highest BCUT2D eigenvalue weighted by molar-refractivity contribution is 9.10. The standard InChI is InChI=1S/C8H9BrN2O/c9-7-6(12-5-1-2-5)3-4-11-8(7)10/h3-5H,1-2H2,(H2,10,11). The number of anilines is 1. The van der Waals surface area contributed by atoms with Crippen LogP contribution in [-0.4, -0.2) is 11.1 Å². The fourth-order valence-corrected chi connectivity index (χ4v) is 1.23. The Morgan fingerprint density at radius 2 is 2.33 bits per heavy atom. The van der Waals surface area contributed by atoms with Crippen LogP contribution in [0, 0.1) is 0 Å². The number of rotatable bonds is 2. The zero-order valence-corrected chi connectivity index (χ0v) is 8.04. The lowest BCUT2D eigenvalue weighted by atomic mass is 10.4. The Hall–Kier alpha value is -0.770. The van der Waals surface area contributed by atoms with Crippen LogP contribution in [0.2, 0.25) is 0 Å². The minimum Gasteiger partial charge on any atom is -0.489 e. The molecule has 0 amide bonds. The first-order valence-corrected chi connectivity index (χ1v) is 4.63. The lowest BCUT2D eigenvalue weighted by Gasteiger charge is -2.06. The van der Waals surface area contributed by atoms with Gasteiger partial charge in [0.05, 0.1) is 6.10 Å². The molecular weight excluding hydrogens is 220 g/mol. The van der Waals surface area contributed by atoms with Gasteiger partial charge in [-0.15, -0.1) is 0 Å². The number of nitrogen functional groups attached to an aromatic ring is 1. The van der Waals surface area contributed by atoms with E-state index in [1.54, 1.807) is 6.20 Å². The van der Waals surface area contributed by atoms with Gasteiger partial charge < -0.3 is 10.5 Å². The first-order chi connectivity index (χ1) is 5.77. The fraction of sp³-hybridized carbons (Fsp3) is 0.375. The largest absolute Gasteiger partial charge is 0.489 e. The number of halogens is 1. The number of hydrogen-bond donors (Lipinski definition) is 1. The van der Waals surface area contributed by atoms with Gasteiger partial charge in [0.15, 0.2) is 0 Å². The summed E-state index contributed by atoms with van der Waals surface area (Å²) in [7, 11) is 0. The average molecular weight is 229 g/mol. The van der Waals surface area contributed by atoms with Crippen molar-refractivity contribution >= 4 is 21.7 Å². The Balaban J connectivity index is 2.23. The van der Waals surface area contributed by atoms with Crippen molar-refractivity contribution in [2.75, 3.05) is 5.73 Å². The maximum Gasteiger partial charge on any atom is 0.141 e. The molecule has 1 aliphatic rings. The molecule has 0 atom stereocenters. The van der Waals surface area contributed by atoms with Crippen LogP contribution in [0.5, 0.6) is 5.75 Å². The molecule has 1 saturated carbocycles. The number of ether oxygens (including phenoxy) is 1. The summed E-state index contributed by atoms with van der Waals surface area (Å²) < 4.78 is 6.33. The number of nitrogens with zero attached hydrogens (tertiary/aromatic N) is 1. The normalized spacial score (nSPS) is 16.1. The second kappa shape index (κ2) is 2.94. The molecule has 1 heterocycles. The summed E-state index contributed by atoms with van der Waals surface area (Å²) in [5.74, 6) is 1.28. The van der Waals surface area contributed by atoms with Crippen molar-refractivity contribution in [2.45, 2.75) is 18.9 Å². The molecule has 1 aromatic heterocycles. The molecule has 12 heavy (non-hydrogen) atoms. The quantitative estimate of drug-likeness (QED) is 0.843. The Kier molecular flexibility index (Phi) is 1.92. The molecule has 0 spiro atoms. The molecule has 0 radical (unpaired) electrons. The van der Waals surface area contributed by atoms with Gasteiger partial charge in [0.2, 0.25) is 0 Å². The lowest BCUT2D eigenvalue weighted by molar-refractivity contribution is 0.301. The lowest BCUT2D eigenvalue weighted by Crippen LogP contribution is -1.99. The van der Waals surface area contributed by atoms with Gasteiger partial charge in [0.25, 0.3) is 0 Å². The van der Waals surface area contributed by atoms with Crippen LogP contribution in [0.25, 0.3) is 0 Å². The predicted molar refractivity (Wildman–Crippen MR) is 50.0 cm³/mol. The molecule has 0 saturated heterocycles. The second-order valence-corrected chi connectivity index (χ2v) is 3.62. The minimum atomic E-state index is 0.392. The molecule has 64 valence electrons. The van der Waals surface area contributed by atoms with Gasteiger partial charge in [-0.05, 0) is 34.8 Å². The van der Waals surface area contributed by atoms with Gasteiger partial charge in [-0.1, -0.05) is 0 Å². The van der Waals surface area contributed by atoms with Crippen molar-refractivity contribution in [1.82, 2.24) is 4.98 Å². The van der Waals surface area contributed by atoms with Crippen LogP contribution < -0.4 is 10.5 Å². The van der Waals surface area contributed by atoms with Crippen molar-refractivity contribution in [3.8, 4) is 5.75 Å². The number of nitrogens with two attached hydrogens (primary N) is 1. The molecule has 2 rings (SSSR count). The summed E-state index contributed by atoms with van der Waals surface area (Å²) >= 11 is 3.32. The summed E-state index contributed by atoms with van der Waals surface area (Å²) in [5.41, 5.74) is 5.58. The van der Waals surface area contributed by atoms with Crippen LogP contribution in [-0.2, 0) is 0 Å². The smallest absolute Gasteiger partial charge is 0.141 e. The van der Waals surface area contributed by atoms with E-state index >= 15 is 0 Å². The minimum absolute atomic E-state index is 0.392. The van der Waals surface area contributed by atoms with Gasteiger partial charge in [-0.25, -0.2) is 4.98 Å². The van der Waals surface area contributed by atoms with E-state index in [1.165, 1.54) is 0 Å². The van der Waals surface area contributed by atoms with E-state index in [-0.39, 0.29) is 0 Å². The van der Waals surface area contributed by atoms with Gasteiger partial charge in [-0.3, -0.25) is 0 Å². The third-order valence-electron chi connectivity index (χ3n) is 1.70. The van der Waals surface area contributed by atoms with Crippen molar-refractivity contribution in [3.05, 3.63) is 16.7 Å². The van der Waals surface area contributed by atoms with Crippen LogP contribution in [0.3, 0.4) is 0 Å². The molecule has 0 aliphatic heterocycles. The summed E-state index contributed by atoms with van der Waals surface area (Å²) in [6.45, 7) is 0. The van der Waals surface area contributed by atoms with E-state index < -0.39 is 0 Å². The average Bonchev–Trinajstić information content (AvgIpc) is 2.83. The highest BCUT2D eigenvalue weighted by atomic mass is 79.9. The SMILES string of the molecule is Nc1nccc(OC2CC2)c1Br. The van der Waals surface area contributed by atoms with E-state index in [0.717, 1.165) is 23.1 Å². The fourth-order valence-electron chi connectivity index (χ4n) is 0.898. The zero-order chi connectivity index (χ0) is 8.55. The summed E-state index contributed by atoms with van der Waals surface area (Å²) in [6.07, 6.45) is 4.34. The molecule has 4 heteroatoms.